The molecule has 8 nitrogen and oxygen atoms in total. The molecule has 0 unspecified atom stereocenters. The summed E-state index contributed by atoms with van der Waals surface area (Å²) in [5.41, 5.74) is 0.920. The van der Waals surface area contributed by atoms with Crippen LogP contribution < -0.4 is 19.8 Å². The van der Waals surface area contributed by atoms with Crippen LogP contribution in [0.15, 0.2) is 81.0 Å². The zero-order valence-electron chi connectivity index (χ0n) is 25.6. The van der Waals surface area contributed by atoms with Crippen molar-refractivity contribution in [3.05, 3.63) is 102 Å². The molecule has 14 heteroatoms. The van der Waals surface area contributed by atoms with Crippen LogP contribution in [-0.4, -0.2) is 34.6 Å². The van der Waals surface area contributed by atoms with Crippen molar-refractivity contribution in [3.8, 4) is 5.75 Å². The number of carbonyl (C=O) groups excluding carboxylic acids is 3. The lowest BCUT2D eigenvalue weighted by atomic mass is 9.68. The standard InChI is InChI=1S/C35H27BrF3N3O5S2/c1-15-6-9-17(10-7-15)40-24(43)14-47-23-11-8-16(36)12-18(23)25-26-19-13-20(29(26)48-31-30(25)49-34(46)41-31)28-27(19)32(44)42(33(28)45)22-5-3-2-4-21(22)35(37,38)39/h2-12,19-20,25-29H,13-14H2,1H3,(H,40,43)(H,41,46)/t19-,20-,25+,26-,27+,28+,29-/m1/s1. The Morgan fingerprint density at radius 2 is 1.73 bits per heavy atom. The van der Waals surface area contributed by atoms with Gasteiger partial charge in [0.15, 0.2) is 6.61 Å². The molecule has 0 radical (unpaired) electrons. The fourth-order valence-corrected chi connectivity index (χ4v) is 11.6. The summed E-state index contributed by atoms with van der Waals surface area (Å²) < 4.78 is 49.0. The lowest BCUT2D eigenvalue weighted by Crippen LogP contribution is -2.42. The van der Waals surface area contributed by atoms with Crippen LogP contribution >= 0.6 is 39.0 Å². The van der Waals surface area contributed by atoms with Gasteiger partial charge >= 0.3 is 11.0 Å². The monoisotopic (exact) mass is 769 g/mol. The number of para-hydroxylation sites is 1. The van der Waals surface area contributed by atoms with Gasteiger partial charge in [0.1, 0.15) is 5.75 Å². The highest BCUT2D eigenvalue weighted by Crippen LogP contribution is 2.69. The molecule has 3 fully saturated rings. The minimum absolute atomic E-state index is 0.194. The number of imide groups is 1. The summed E-state index contributed by atoms with van der Waals surface area (Å²) in [6.07, 6.45) is -4.19. The van der Waals surface area contributed by atoms with Crippen molar-refractivity contribution in [1.82, 2.24) is 4.98 Å². The van der Waals surface area contributed by atoms with E-state index in [0.717, 1.165) is 37.2 Å². The van der Waals surface area contributed by atoms with Crippen LogP contribution in [0.2, 0.25) is 0 Å². The molecule has 2 saturated carbocycles. The number of carbonyl (C=O) groups is 3. The number of alkyl halides is 3. The van der Waals surface area contributed by atoms with Gasteiger partial charge in [0.05, 0.1) is 28.1 Å². The van der Waals surface area contributed by atoms with Crippen molar-refractivity contribution in [2.75, 3.05) is 16.8 Å². The lowest BCUT2D eigenvalue weighted by molar-refractivity contribution is -0.137. The predicted molar refractivity (Wildman–Crippen MR) is 182 cm³/mol. The number of nitrogens with zero attached hydrogens (tertiary/aromatic N) is 1. The summed E-state index contributed by atoms with van der Waals surface area (Å²) in [5.74, 6) is -4.01. The van der Waals surface area contributed by atoms with Crippen LogP contribution in [0.5, 0.6) is 5.75 Å². The zero-order valence-corrected chi connectivity index (χ0v) is 28.8. The van der Waals surface area contributed by atoms with E-state index >= 15 is 0 Å². The number of thioether (sulfide) groups is 1. The maximum absolute atomic E-state index is 14.1. The largest absolute Gasteiger partial charge is 0.483 e. The predicted octanol–water partition coefficient (Wildman–Crippen LogP) is 7.22. The van der Waals surface area contributed by atoms with Crippen molar-refractivity contribution < 1.29 is 32.3 Å². The Hall–Kier alpha value is -3.88. The Morgan fingerprint density at radius 3 is 2.47 bits per heavy atom. The molecule has 3 heterocycles. The number of H-pyrrole nitrogens is 1. The van der Waals surface area contributed by atoms with E-state index in [4.69, 9.17) is 4.74 Å². The van der Waals surface area contributed by atoms with E-state index in [2.05, 4.69) is 26.2 Å². The van der Waals surface area contributed by atoms with Crippen molar-refractivity contribution in [3.63, 3.8) is 0 Å². The highest BCUT2D eigenvalue weighted by atomic mass is 79.9. The SMILES string of the molecule is Cc1ccc(NC(=O)COc2ccc(Br)cc2[C@@H]2c3sc(=O)[nH]c3S[C@@H]3[C@@H]4C[C@@H]([C@@H]5C(=O)N(c6ccccc6C(F)(F)F)C(=O)[C@@H]45)[C@H]23)cc1. The number of hydrogen-bond donors (Lipinski definition) is 2. The van der Waals surface area contributed by atoms with Gasteiger partial charge in [-0.1, -0.05) is 57.1 Å². The van der Waals surface area contributed by atoms with Gasteiger partial charge < -0.3 is 15.0 Å². The molecule has 1 aromatic heterocycles. The molecular weight excluding hydrogens is 743 g/mol. The van der Waals surface area contributed by atoms with Gasteiger partial charge in [-0.2, -0.15) is 13.2 Å². The molecule has 1 saturated heterocycles. The second-order valence-corrected chi connectivity index (χ2v) is 16.0. The first-order chi connectivity index (χ1) is 23.4. The Kier molecular flexibility index (Phi) is 7.83. The normalized spacial score (nSPS) is 26.8. The molecule has 8 rings (SSSR count). The molecule has 0 spiro atoms. The summed E-state index contributed by atoms with van der Waals surface area (Å²) in [7, 11) is 0. The third kappa shape index (κ3) is 5.34. The average molecular weight is 771 g/mol. The van der Waals surface area contributed by atoms with Gasteiger partial charge in [-0.25, -0.2) is 4.90 Å². The first kappa shape index (κ1) is 32.3. The minimum atomic E-state index is -4.75. The Bertz CT molecular complexity index is 2080. The number of benzene rings is 3. The van der Waals surface area contributed by atoms with Crippen LogP contribution in [0.3, 0.4) is 0 Å². The second kappa shape index (κ2) is 11.9. The summed E-state index contributed by atoms with van der Waals surface area (Å²) in [4.78, 5) is 57.9. The number of aryl methyl sites for hydroxylation is 1. The molecule has 2 N–H and O–H groups in total. The molecule has 4 aromatic rings. The molecule has 2 bridgehead atoms. The number of aromatic amines is 1. The third-order valence-electron chi connectivity index (χ3n) is 10.2. The number of rotatable bonds is 6. The number of anilines is 2. The number of ether oxygens (including phenoxy) is 1. The van der Waals surface area contributed by atoms with E-state index in [1.807, 2.05) is 25.1 Å². The second-order valence-electron chi connectivity index (χ2n) is 12.9. The van der Waals surface area contributed by atoms with Gasteiger partial charge in [0.2, 0.25) is 11.8 Å². The highest BCUT2D eigenvalue weighted by molar-refractivity contribution is 9.10. The van der Waals surface area contributed by atoms with Crippen molar-refractivity contribution in [2.24, 2.45) is 29.6 Å². The van der Waals surface area contributed by atoms with E-state index in [9.17, 15) is 32.3 Å². The Morgan fingerprint density at radius 1 is 1.02 bits per heavy atom. The molecule has 252 valence electrons. The number of nitrogens with one attached hydrogen (secondary N) is 2. The van der Waals surface area contributed by atoms with E-state index in [1.165, 1.54) is 30.0 Å². The van der Waals surface area contributed by atoms with Crippen LogP contribution in [0, 0.1) is 36.5 Å². The smallest absolute Gasteiger partial charge is 0.418 e. The number of hydrogen-bond acceptors (Lipinski definition) is 7. The molecule has 3 amide bonds. The van der Waals surface area contributed by atoms with Gasteiger partial charge in [0.25, 0.3) is 5.91 Å². The van der Waals surface area contributed by atoms with Crippen molar-refractivity contribution in [2.45, 2.75) is 35.7 Å². The average Bonchev–Trinajstić information content (AvgIpc) is 3.80. The first-order valence-corrected chi connectivity index (χ1v) is 18.1. The minimum Gasteiger partial charge on any atom is -0.483 e. The maximum atomic E-state index is 14.1. The topological polar surface area (TPSA) is 109 Å². The molecular formula is C35H27BrF3N3O5S2. The van der Waals surface area contributed by atoms with E-state index in [-0.39, 0.29) is 40.4 Å². The Labute approximate surface area is 294 Å². The molecule has 49 heavy (non-hydrogen) atoms. The number of thiazole rings is 1. The van der Waals surface area contributed by atoms with Crippen molar-refractivity contribution in [1.29, 1.82) is 0 Å². The van der Waals surface area contributed by atoms with E-state index in [0.29, 0.717) is 28.4 Å². The van der Waals surface area contributed by atoms with Gasteiger partial charge in [-0.3, -0.25) is 19.2 Å². The molecule has 4 aliphatic rings. The van der Waals surface area contributed by atoms with Crippen LogP contribution in [0.25, 0.3) is 0 Å². The maximum Gasteiger partial charge on any atom is 0.418 e. The number of fused-ring (bicyclic) bond motifs is 9. The van der Waals surface area contributed by atoms with Gasteiger partial charge in [-0.05, 0) is 73.6 Å². The lowest BCUT2D eigenvalue weighted by Gasteiger charge is -2.43. The summed E-state index contributed by atoms with van der Waals surface area (Å²) in [6.45, 7) is 1.66. The molecule has 2 aliphatic heterocycles. The Balaban J connectivity index is 1.15. The summed E-state index contributed by atoms with van der Waals surface area (Å²) >= 11 is 6.11. The van der Waals surface area contributed by atoms with Crippen LogP contribution in [0.4, 0.5) is 24.5 Å². The molecule has 7 atom stereocenters. The quantitative estimate of drug-likeness (QED) is 0.201. The van der Waals surface area contributed by atoms with Gasteiger partial charge in [-0.15, -0.1) is 11.8 Å². The highest BCUT2D eigenvalue weighted by Gasteiger charge is 2.70. The number of aromatic nitrogens is 1. The fraction of sp³-hybridized carbons (Fsp3) is 0.314. The molecule has 2 aliphatic carbocycles. The van der Waals surface area contributed by atoms with Gasteiger partial charge in [0, 0.05) is 31.8 Å². The van der Waals surface area contributed by atoms with E-state index < -0.39 is 47.0 Å². The van der Waals surface area contributed by atoms with Crippen molar-refractivity contribution >= 4 is 68.1 Å². The number of halogens is 4. The third-order valence-corrected chi connectivity index (χ3v) is 13.3. The summed E-state index contributed by atoms with van der Waals surface area (Å²) in [6, 6.07) is 17.5. The number of amides is 3. The zero-order chi connectivity index (χ0) is 34.4. The van der Waals surface area contributed by atoms with Crippen LogP contribution in [0.1, 0.15) is 33.9 Å². The molecule has 3 aromatic carbocycles. The summed E-state index contributed by atoms with van der Waals surface area (Å²) in [5, 5.41) is 3.30. The van der Waals surface area contributed by atoms with E-state index in [1.54, 1.807) is 24.3 Å². The van der Waals surface area contributed by atoms with Crippen LogP contribution in [-0.2, 0) is 20.6 Å². The first-order valence-electron chi connectivity index (χ1n) is 15.6. The fourth-order valence-electron chi connectivity index (χ4n) is 8.38.